The third-order valence-electron chi connectivity index (χ3n) is 2.23. The highest BCUT2D eigenvalue weighted by Gasteiger charge is 2.10. The van der Waals surface area contributed by atoms with Gasteiger partial charge in [0.15, 0.2) is 0 Å². The van der Waals surface area contributed by atoms with Crippen LogP contribution in [0.3, 0.4) is 0 Å². The van der Waals surface area contributed by atoms with Crippen LogP contribution in [0.2, 0.25) is 0 Å². The van der Waals surface area contributed by atoms with Crippen LogP contribution in [0.4, 0.5) is 4.39 Å². The predicted octanol–water partition coefficient (Wildman–Crippen LogP) is 1.92. The van der Waals surface area contributed by atoms with Crippen LogP contribution in [0.1, 0.15) is 25.1 Å². The summed E-state index contributed by atoms with van der Waals surface area (Å²) >= 11 is 0. The summed E-state index contributed by atoms with van der Waals surface area (Å²) in [5, 5.41) is 9.62. The number of hydrogen-bond acceptors (Lipinski definition) is 2. The summed E-state index contributed by atoms with van der Waals surface area (Å²) in [6, 6.07) is 2.94. The van der Waals surface area contributed by atoms with Crippen LogP contribution >= 0.6 is 0 Å². The van der Waals surface area contributed by atoms with Crippen molar-refractivity contribution < 1.29 is 9.50 Å². The van der Waals surface area contributed by atoms with E-state index in [4.69, 9.17) is 0 Å². The van der Waals surface area contributed by atoms with E-state index in [1.54, 1.807) is 16.7 Å². The molecule has 0 spiro atoms. The van der Waals surface area contributed by atoms with Crippen molar-refractivity contribution in [3.63, 3.8) is 0 Å². The van der Waals surface area contributed by atoms with Gasteiger partial charge in [0.1, 0.15) is 11.5 Å². The Morgan fingerprint density at radius 2 is 2.36 bits per heavy atom. The maximum Gasteiger partial charge on any atom is 0.139 e. The third-order valence-corrected chi connectivity index (χ3v) is 2.23. The molecule has 0 aromatic carbocycles. The van der Waals surface area contributed by atoms with Crippen molar-refractivity contribution in [3.05, 3.63) is 36.0 Å². The van der Waals surface area contributed by atoms with E-state index < -0.39 is 6.10 Å². The van der Waals surface area contributed by atoms with Crippen LogP contribution in [-0.2, 0) is 0 Å². The van der Waals surface area contributed by atoms with Crippen LogP contribution in [0.25, 0.3) is 5.65 Å². The fourth-order valence-electron chi connectivity index (χ4n) is 1.43. The Morgan fingerprint density at radius 3 is 3.07 bits per heavy atom. The molecule has 0 aliphatic carbocycles. The normalized spacial score (nSPS) is 13.4. The average molecular weight is 194 g/mol. The molecule has 0 bridgehead atoms. The summed E-state index contributed by atoms with van der Waals surface area (Å²) in [4.78, 5) is 4.07. The van der Waals surface area contributed by atoms with Gasteiger partial charge in [0.25, 0.3) is 0 Å². The first kappa shape index (κ1) is 9.15. The number of nitrogens with zero attached hydrogens (tertiary/aromatic N) is 2. The molecule has 2 rings (SSSR count). The number of rotatable bonds is 2. The van der Waals surface area contributed by atoms with Crippen molar-refractivity contribution in [2.45, 2.75) is 19.4 Å². The number of hydrogen-bond donors (Lipinski definition) is 1. The lowest BCUT2D eigenvalue weighted by Crippen LogP contribution is -2.00. The van der Waals surface area contributed by atoms with E-state index >= 15 is 0 Å². The minimum Gasteiger partial charge on any atom is -0.387 e. The molecule has 0 amide bonds. The molecule has 1 unspecified atom stereocenters. The second-order valence-electron chi connectivity index (χ2n) is 3.18. The summed E-state index contributed by atoms with van der Waals surface area (Å²) in [6.07, 6.45) is 2.90. The van der Waals surface area contributed by atoms with Crippen LogP contribution in [0.15, 0.2) is 24.5 Å². The highest BCUT2D eigenvalue weighted by molar-refractivity contribution is 5.40. The zero-order valence-electron chi connectivity index (χ0n) is 7.81. The van der Waals surface area contributed by atoms with E-state index in [1.807, 2.05) is 6.92 Å². The molecule has 0 saturated carbocycles. The minimum absolute atomic E-state index is 0.333. The number of aliphatic hydroxyl groups is 1. The molecular weight excluding hydrogens is 183 g/mol. The second kappa shape index (κ2) is 3.38. The Bertz CT molecular complexity index is 452. The topological polar surface area (TPSA) is 37.5 Å². The quantitative estimate of drug-likeness (QED) is 0.793. The molecule has 74 valence electrons. The maximum absolute atomic E-state index is 12.9. The van der Waals surface area contributed by atoms with Gasteiger partial charge in [-0.2, -0.15) is 0 Å². The first-order valence-electron chi connectivity index (χ1n) is 4.53. The van der Waals surface area contributed by atoms with Crippen molar-refractivity contribution in [3.8, 4) is 0 Å². The Morgan fingerprint density at radius 1 is 1.57 bits per heavy atom. The molecule has 2 aromatic heterocycles. The van der Waals surface area contributed by atoms with Gasteiger partial charge in [0.05, 0.1) is 18.0 Å². The van der Waals surface area contributed by atoms with E-state index in [0.29, 0.717) is 17.8 Å². The van der Waals surface area contributed by atoms with E-state index in [9.17, 15) is 9.50 Å². The van der Waals surface area contributed by atoms with Crippen LogP contribution in [-0.4, -0.2) is 14.5 Å². The monoisotopic (exact) mass is 194 g/mol. The first-order chi connectivity index (χ1) is 6.72. The van der Waals surface area contributed by atoms with Crippen molar-refractivity contribution in [1.29, 1.82) is 0 Å². The molecule has 1 N–H and O–H groups in total. The van der Waals surface area contributed by atoms with Crippen LogP contribution in [0, 0.1) is 5.82 Å². The molecule has 3 nitrogen and oxygen atoms in total. The van der Waals surface area contributed by atoms with E-state index in [2.05, 4.69) is 4.98 Å². The van der Waals surface area contributed by atoms with Crippen molar-refractivity contribution in [1.82, 2.24) is 9.38 Å². The van der Waals surface area contributed by atoms with Gasteiger partial charge >= 0.3 is 0 Å². The number of pyridine rings is 1. The fraction of sp³-hybridized carbons (Fsp3) is 0.300. The molecule has 0 radical (unpaired) electrons. The Labute approximate surface area is 80.8 Å². The average Bonchev–Trinajstić information content (AvgIpc) is 2.59. The summed E-state index contributed by atoms with van der Waals surface area (Å²) < 4.78 is 14.5. The molecule has 2 heterocycles. The van der Waals surface area contributed by atoms with Crippen LogP contribution in [0.5, 0.6) is 0 Å². The lowest BCUT2D eigenvalue weighted by Gasteiger charge is -2.06. The largest absolute Gasteiger partial charge is 0.387 e. The van der Waals surface area contributed by atoms with Gasteiger partial charge in [0.2, 0.25) is 0 Å². The molecule has 2 aromatic rings. The molecule has 4 heteroatoms. The Balaban J connectivity index is 2.61. The third kappa shape index (κ3) is 1.37. The number of aromatic nitrogens is 2. The first-order valence-corrected chi connectivity index (χ1v) is 4.53. The predicted molar refractivity (Wildman–Crippen MR) is 50.4 cm³/mol. The number of imidazole rings is 1. The summed E-state index contributed by atoms with van der Waals surface area (Å²) in [7, 11) is 0. The van der Waals surface area contributed by atoms with E-state index in [-0.39, 0.29) is 5.82 Å². The van der Waals surface area contributed by atoms with Crippen molar-refractivity contribution >= 4 is 5.65 Å². The van der Waals surface area contributed by atoms with Crippen LogP contribution < -0.4 is 0 Å². The lowest BCUT2D eigenvalue weighted by molar-refractivity contribution is 0.168. The zero-order chi connectivity index (χ0) is 10.1. The summed E-state index contributed by atoms with van der Waals surface area (Å²) in [6.45, 7) is 1.86. The molecule has 0 fully saturated rings. The molecule has 1 atom stereocenters. The fourth-order valence-corrected chi connectivity index (χ4v) is 1.43. The van der Waals surface area contributed by atoms with Gasteiger partial charge in [-0.25, -0.2) is 9.37 Å². The molecule has 0 saturated heterocycles. The van der Waals surface area contributed by atoms with Gasteiger partial charge in [-0.05, 0) is 18.6 Å². The molecule has 0 aliphatic rings. The number of fused-ring (bicyclic) bond motifs is 1. The van der Waals surface area contributed by atoms with Gasteiger partial charge in [-0.3, -0.25) is 4.40 Å². The van der Waals surface area contributed by atoms with Gasteiger partial charge in [-0.15, -0.1) is 0 Å². The SMILES string of the molecule is CCC(O)c1cnc2ccc(F)cn12. The molecular formula is C10H11FN2O. The summed E-state index contributed by atoms with van der Waals surface area (Å²) in [5.74, 6) is -0.333. The van der Waals surface area contributed by atoms with Crippen molar-refractivity contribution in [2.75, 3.05) is 0 Å². The Hall–Kier alpha value is -1.42. The standard InChI is InChI=1S/C10H11FN2O/c1-2-9(14)8-5-12-10-4-3-7(11)6-13(8)10/h3-6,9,14H,2H2,1H3. The smallest absolute Gasteiger partial charge is 0.139 e. The van der Waals surface area contributed by atoms with Gasteiger partial charge in [0, 0.05) is 6.20 Å². The number of aliphatic hydroxyl groups excluding tert-OH is 1. The Kier molecular flexibility index (Phi) is 2.21. The van der Waals surface area contributed by atoms with E-state index in [0.717, 1.165) is 0 Å². The zero-order valence-corrected chi connectivity index (χ0v) is 7.81. The van der Waals surface area contributed by atoms with Crippen molar-refractivity contribution in [2.24, 2.45) is 0 Å². The van der Waals surface area contributed by atoms with Gasteiger partial charge in [-0.1, -0.05) is 6.92 Å². The molecule has 0 aliphatic heterocycles. The molecule has 14 heavy (non-hydrogen) atoms. The highest BCUT2D eigenvalue weighted by atomic mass is 19.1. The van der Waals surface area contributed by atoms with E-state index in [1.165, 1.54) is 12.3 Å². The summed E-state index contributed by atoms with van der Waals surface area (Å²) in [5.41, 5.74) is 1.27. The minimum atomic E-state index is -0.591. The lowest BCUT2D eigenvalue weighted by atomic mass is 10.2. The number of halogens is 1. The van der Waals surface area contributed by atoms with Gasteiger partial charge < -0.3 is 5.11 Å². The highest BCUT2D eigenvalue weighted by Crippen LogP contribution is 2.17. The maximum atomic E-state index is 12.9. The second-order valence-corrected chi connectivity index (χ2v) is 3.18.